The predicted octanol–water partition coefficient (Wildman–Crippen LogP) is 5.96. The van der Waals surface area contributed by atoms with Crippen molar-refractivity contribution in [3.63, 3.8) is 0 Å². The third-order valence-electron chi connectivity index (χ3n) is 5.66. The van der Waals surface area contributed by atoms with Crippen molar-refractivity contribution in [1.82, 2.24) is 4.90 Å². The minimum Gasteiger partial charge on any atom is -0.457 e. The molecule has 0 N–H and O–H groups in total. The summed E-state index contributed by atoms with van der Waals surface area (Å²) in [4.78, 5) is 7.32. The number of aliphatic imine (C=N–C) groups is 1. The van der Waals surface area contributed by atoms with Gasteiger partial charge in [0.15, 0.2) is 0 Å². The molecule has 0 heterocycles. The third kappa shape index (κ3) is 5.63. The molecule has 2 aromatic rings. The minimum absolute atomic E-state index is 0.606. The molecule has 6 heteroatoms. The first kappa shape index (κ1) is 22.3. The highest BCUT2D eigenvalue weighted by atomic mass is 32.2. The van der Waals surface area contributed by atoms with Crippen molar-refractivity contribution in [2.24, 2.45) is 15.3 Å². The lowest BCUT2D eigenvalue weighted by Crippen LogP contribution is -2.15. The van der Waals surface area contributed by atoms with Crippen molar-refractivity contribution >= 4 is 21.8 Å². The average molecular weight is 428 g/mol. The Labute approximate surface area is 181 Å². The molecule has 1 saturated carbocycles. The smallest absolute Gasteiger partial charge is 0.130 e. The van der Waals surface area contributed by atoms with Crippen molar-refractivity contribution in [2.75, 3.05) is 26.4 Å². The number of benzene rings is 2. The predicted molar refractivity (Wildman–Crippen MR) is 126 cm³/mol. The summed E-state index contributed by atoms with van der Waals surface area (Å²) < 4.78 is 23.8. The molecule has 1 fully saturated rings. The van der Waals surface area contributed by atoms with Crippen LogP contribution in [0.2, 0.25) is 0 Å². The fraction of sp³-hybridized carbons (Fsp3) is 0.458. The van der Waals surface area contributed by atoms with E-state index in [4.69, 9.17) is 4.74 Å². The van der Waals surface area contributed by atoms with Gasteiger partial charge in [-0.1, -0.05) is 12.5 Å². The van der Waals surface area contributed by atoms with Crippen LogP contribution < -0.4 is 4.74 Å². The van der Waals surface area contributed by atoms with Crippen molar-refractivity contribution in [3.05, 3.63) is 47.5 Å². The lowest BCUT2D eigenvalue weighted by Gasteiger charge is -2.23. The highest BCUT2D eigenvalue weighted by molar-refractivity contribution is 7.93. The monoisotopic (exact) mass is 427 g/mol. The first-order valence-electron chi connectivity index (χ1n) is 10.6. The Hall–Kier alpha value is -2.34. The summed E-state index contributed by atoms with van der Waals surface area (Å²) in [5.74, 6) is 2.06. The van der Waals surface area contributed by atoms with Crippen molar-refractivity contribution in [3.8, 4) is 11.5 Å². The van der Waals surface area contributed by atoms with Crippen LogP contribution in [0, 0.1) is 19.8 Å². The van der Waals surface area contributed by atoms with Crippen LogP contribution in [0.5, 0.6) is 11.5 Å². The molecule has 0 spiro atoms. The van der Waals surface area contributed by atoms with Crippen LogP contribution in [-0.2, 0) is 9.73 Å². The lowest BCUT2D eigenvalue weighted by atomic mass is 9.86. The van der Waals surface area contributed by atoms with E-state index in [1.807, 2.05) is 68.5 Å². The van der Waals surface area contributed by atoms with Gasteiger partial charge in [-0.05, 0) is 81.0 Å². The minimum atomic E-state index is -2.42. The van der Waals surface area contributed by atoms with Crippen LogP contribution >= 0.6 is 0 Å². The van der Waals surface area contributed by atoms with Gasteiger partial charge < -0.3 is 9.64 Å². The van der Waals surface area contributed by atoms with Gasteiger partial charge in [-0.25, -0.2) is 13.6 Å². The summed E-state index contributed by atoms with van der Waals surface area (Å²) in [6.45, 7) is 7.72. The number of hydrogen-bond acceptors (Lipinski definition) is 4. The second-order valence-corrected chi connectivity index (χ2v) is 10.5. The molecule has 3 rings (SSSR count). The van der Waals surface area contributed by atoms with Gasteiger partial charge in [0.05, 0.1) is 33.2 Å². The van der Waals surface area contributed by atoms with Crippen LogP contribution in [0.1, 0.15) is 37.3 Å². The maximum absolute atomic E-state index is 13.1. The Morgan fingerprint density at radius 2 is 1.97 bits per heavy atom. The van der Waals surface area contributed by atoms with Crippen LogP contribution in [0.4, 0.5) is 5.69 Å². The molecule has 1 unspecified atom stereocenters. The molecule has 0 amide bonds. The van der Waals surface area contributed by atoms with Gasteiger partial charge in [-0.2, -0.15) is 0 Å². The highest BCUT2D eigenvalue weighted by Crippen LogP contribution is 2.32. The zero-order valence-electron chi connectivity index (χ0n) is 18.7. The molecule has 0 saturated heterocycles. The number of aryl methyl sites for hydroxylation is 2. The molecule has 0 aliphatic heterocycles. The van der Waals surface area contributed by atoms with Crippen LogP contribution in [0.25, 0.3) is 0 Å². The van der Waals surface area contributed by atoms with Gasteiger partial charge in [0.2, 0.25) is 0 Å². The van der Waals surface area contributed by atoms with E-state index in [2.05, 4.69) is 16.3 Å². The summed E-state index contributed by atoms with van der Waals surface area (Å²) in [5, 5.41) is 0. The topological polar surface area (TPSA) is 54.3 Å². The first-order chi connectivity index (χ1) is 14.3. The molecule has 162 valence electrons. The summed E-state index contributed by atoms with van der Waals surface area (Å²) in [7, 11) is -0.418. The molecular weight excluding hydrogens is 394 g/mol. The summed E-state index contributed by atoms with van der Waals surface area (Å²) in [6.07, 6.45) is 7.24. The third-order valence-corrected chi connectivity index (χ3v) is 7.43. The first-order valence-corrected chi connectivity index (χ1v) is 12.5. The summed E-state index contributed by atoms with van der Waals surface area (Å²) in [5.41, 5.74) is 2.98. The van der Waals surface area contributed by atoms with E-state index in [9.17, 15) is 4.21 Å². The Balaban J connectivity index is 1.79. The van der Waals surface area contributed by atoms with Crippen molar-refractivity contribution in [2.45, 2.75) is 44.9 Å². The van der Waals surface area contributed by atoms with Gasteiger partial charge in [0, 0.05) is 19.8 Å². The van der Waals surface area contributed by atoms with Crippen LogP contribution in [0.15, 0.2) is 50.6 Å². The fourth-order valence-corrected chi connectivity index (χ4v) is 4.47. The zero-order valence-corrected chi connectivity index (χ0v) is 19.5. The van der Waals surface area contributed by atoms with E-state index in [0.29, 0.717) is 18.2 Å². The van der Waals surface area contributed by atoms with E-state index >= 15 is 0 Å². The number of rotatable bonds is 8. The van der Waals surface area contributed by atoms with Crippen molar-refractivity contribution < 1.29 is 8.95 Å². The Kier molecular flexibility index (Phi) is 7.19. The molecule has 1 atom stereocenters. The molecule has 1 aliphatic rings. The van der Waals surface area contributed by atoms with Gasteiger partial charge in [-0.15, -0.1) is 0 Å². The molecule has 0 bridgehead atoms. The molecule has 0 radical (unpaired) electrons. The summed E-state index contributed by atoms with van der Waals surface area (Å²) >= 11 is 0. The Morgan fingerprint density at radius 1 is 1.20 bits per heavy atom. The second-order valence-electron chi connectivity index (χ2n) is 8.21. The molecule has 2 aromatic carbocycles. The number of hydrogen-bond donors (Lipinski definition) is 0. The number of nitrogens with zero attached hydrogens (tertiary/aromatic N) is 3. The quantitative estimate of drug-likeness (QED) is 0.385. The molecule has 0 aromatic heterocycles. The lowest BCUT2D eigenvalue weighted by molar-refractivity contribution is 0.327. The maximum Gasteiger partial charge on any atom is 0.130 e. The van der Waals surface area contributed by atoms with Gasteiger partial charge in [0.25, 0.3) is 0 Å². The van der Waals surface area contributed by atoms with E-state index in [1.165, 1.54) is 19.3 Å². The molecule has 1 aliphatic carbocycles. The standard InChI is InChI=1S/C24H33N3O2S/c1-6-27(4)17-25-23-13-19(3)24(14-18(23)2)29-21-11-8-12-22(15-21)30(5,28)26-16-20-9-7-10-20/h8,11-15,17,20H,6-7,9-10,16H2,1-5H3. The van der Waals surface area contributed by atoms with Crippen molar-refractivity contribution in [1.29, 1.82) is 0 Å². The summed E-state index contributed by atoms with van der Waals surface area (Å²) in [6, 6.07) is 11.5. The van der Waals surface area contributed by atoms with E-state index in [0.717, 1.165) is 34.0 Å². The molecule has 30 heavy (non-hydrogen) atoms. The largest absolute Gasteiger partial charge is 0.457 e. The van der Waals surface area contributed by atoms with Gasteiger partial charge in [0.1, 0.15) is 11.5 Å². The van der Waals surface area contributed by atoms with E-state index in [1.54, 1.807) is 6.26 Å². The van der Waals surface area contributed by atoms with Gasteiger partial charge in [-0.3, -0.25) is 0 Å². The van der Waals surface area contributed by atoms with Gasteiger partial charge >= 0.3 is 0 Å². The fourth-order valence-electron chi connectivity index (χ4n) is 3.16. The second kappa shape index (κ2) is 9.65. The van der Waals surface area contributed by atoms with E-state index < -0.39 is 9.73 Å². The zero-order chi connectivity index (χ0) is 21.7. The van der Waals surface area contributed by atoms with Crippen LogP contribution in [0.3, 0.4) is 0 Å². The molecule has 5 nitrogen and oxygen atoms in total. The Bertz CT molecular complexity index is 1030. The molecular formula is C24H33N3O2S. The normalized spacial score (nSPS) is 16.2. The average Bonchev–Trinajstić information content (AvgIpc) is 2.68. The Morgan fingerprint density at radius 3 is 2.63 bits per heavy atom. The van der Waals surface area contributed by atoms with Crippen LogP contribution in [-0.4, -0.2) is 41.8 Å². The SMILES string of the molecule is CCN(C)C=Nc1cc(C)c(Oc2cccc(S(C)(=O)=NCC3CCC3)c2)cc1C. The highest BCUT2D eigenvalue weighted by Gasteiger charge is 2.18. The maximum atomic E-state index is 13.1. The number of ether oxygens (including phenoxy) is 1. The van der Waals surface area contributed by atoms with E-state index in [-0.39, 0.29) is 0 Å².